The van der Waals surface area contributed by atoms with E-state index in [1.54, 1.807) is 65.6 Å². The number of rotatable bonds is 5. The highest BCUT2D eigenvalue weighted by atomic mass is 16.6. The first-order chi connectivity index (χ1) is 15.5. The molecule has 2 amide bonds. The summed E-state index contributed by atoms with van der Waals surface area (Å²) in [6, 6.07) is 22.3. The second kappa shape index (κ2) is 9.30. The van der Waals surface area contributed by atoms with E-state index in [1.165, 1.54) is 6.07 Å². The third-order valence-corrected chi connectivity index (χ3v) is 5.40. The predicted molar refractivity (Wildman–Crippen MR) is 122 cm³/mol. The van der Waals surface area contributed by atoms with Crippen LogP contribution in [0.2, 0.25) is 0 Å². The maximum atomic E-state index is 12.9. The van der Waals surface area contributed by atoms with Gasteiger partial charge in [0.1, 0.15) is 0 Å². The lowest BCUT2D eigenvalue weighted by molar-refractivity contribution is -0.384. The SMILES string of the molecule is O=C(Nc1ccc(C(=O)N2CCN(c3cccc([N+](=O)[O-])c3)CC2)cc1)c1ccccc1. The van der Waals surface area contributed by atoms with E-state index in [-0.39, 0.29) is 17.5 Å². The summed E-state index contributed by atoms with van der Waals surface area (Å²) in [5.41, 5.74) is 2.57. The molecule has 8 heteroatoms. The quantitative estimate of drug-likeness (QED) is 0.491. The Hall–Kier alpha value is -4.20. The predicted octanol–water partition coefficient (Wildman–Crippen LogP) is 3.81. The molecule has 8 nitrogen and oxygen atoms in total. The van der Waals surface area contributed by atoms with Crippen LogP contribution in [0.15, 0.2) is 78.9 Å². The molecule has 0 atom stereocenters. The number of nitrogens with one attached hydrogen (secondary N) is 1. The molecule has 0 radical (unpaired) electrons. The largest absolute Gasteiger partial charge is 0.368 e. The second-order valence-corrected chi connectivity index (χ2v) is 7.45. The third kappa shape index (κ3) is 4.75. The van der Waals surface area contributed by atoms with Crippen molar-refractivity contribution in [2.24, 2.45) is 0 Å². The van der Waals surface area contributed by atoms with Gasteiger partial charge < -0.3 is 15.1 Å². The van der Waals surface area contributed by atoms with Crippen LogP contribution >= 0.6 is 0 Å². The number of nitro benzene ring substituents is 1. The lowest BCUT2D eigenvalue weighted by atomic mass is 10.1. The number of hydrogen-bond donors (Lipinski definition) is 1. The van der Waals surface area contributed by atoms with Crippen LogP contribution in [0.25, 0.3) is 0 Å². The van der Waals surface area contributed by atoms with Crippen LogP contribution in [0, 0.1) is 10.1 Å². The van der Waals surface area contributed by atoms with Crippen molar-refractivity contribution in [3.63, 3.8) is 0 Å². The van der Waals surface area contributed by atoms with Crippen LogP contribution in [0.4, 0.5) is 17.1 Å². The van der Waals surface area contributed by atoms with Gasteiger partial charge in [0.05, 0.1) is 4.92 Å². The zero-order valence-electron chi connectivity index (χ0n) is 17.3. The summed E-state index contributed by atoms with van der Waals surface area (Å²) in [5, 5.41) is 13.8. The van der Waals surface area contributed by atoms with Gasteiger partial charge in [-0.25, -0.2) is 0 Å². The van der Waals surface area contributed by atoms with E-state index in [9.17, 15) is 19.7 Å². The smallest absolute Gasteiger partial charge is 0.271 e. The normalized spacial score (nSPS) is 13.5. The van der Waals surface area contributed by atoms with Crippen molar-refractivity contribution in [2.75, 3.05) is 36.4 Å². The van der Waals surface area contributed by atoms with E-state index in [0.717, 1.165) is 5.69 Å². The van der Waals surface area contributed by atoms with Crippen molar-refractivity contribution >= 4 is 28.9 Å². The number of carbonyl (C=O) groups is 2. The maximum Gasteiger partial charge on any atom is 0.271 e. The molecule has 0 bridgehead atoms. The summed E-state index contributed by atoms with van der Waals surface area (Å²) in [6.45, 7) is 2.23. The zero-order valence-corrected chi connectivity index (χ0v) is 17.3. The summed E-state index contributed by atoms with van der Waals surface area (Å²) in [6.07, 6.45) is 0. The van der Waals surface area contributed by atoms with Crippen LogP contribution in [0.3, 0.4) is 0 Å². The van der Waals surface area contributed by atoms with Gasteiger partial charge in [-0.05, 0) is 42.5 Å². The topological polar surface area (TPSA) is 95.8 Å². The van der Waals surface area contributed by atoms with Crippen molar-refractivity contribution in [3.05, 3.63) is 100 Å². The van der Waals surface area contributed by atoms with E-state index in [2.05, 4.69) is 5.32 Å². The number of anilines is 2. The zero-order chi connectivity index (χ0) is 22.5. The Labute approximate surface area is 185 Å². The minimum Gasteiger partial charge on any atom is -0.368 e. The van der Waals surface area contributed by atoms with Crippen LogP contribution in [0.1, 0.15) is 20.7 Å². The molecule has 0 aliphatic carbocycles. The van der Waals surface area contributed by atoms with Crippen LogP contribution in [0.5, 0.6) is 0 Å². The van der Waals surface area contributed by atoms with E-state index in [1.807, 2.05) is 17.0 Å². The molecule has 32 heavy (non-hydrogen) atoms. The molecule has 3 aromatic carbocycles. The minimum atomic E-state index is -0.408. The second-order valence-electron chi connectivity index (χ2n) is 7.45. The van der Waals surface area contributed by atoms with Gasteiger partial charge in [-0.2, -0.15) is 0 Å². The molecule has 0 spiro atoms. The van der Waals surface area contributed by atoms with Crippen molar-refractivity contribution in [1.82, 2.24) is 4.90 Å². The fourth-order valence-electron chi connectivity index (χ4n) is 3.64. The van der Waals surface area contributed by atoms with Crippen molar-refractivity contribution in [3.8, 4) is 0 Å². The number of nitrogens with zero attached hydrogens (tertiary/aromatic N) is 3. The molecule has 0 saturated carbocycles. The Morgan fingerprint density at radius 1 is 0.812 bits per heavy atom. The average Bonchev–Trinajstić information content (AvgIpc) is 2.85. The first-order valence-corrected chi connectivity index (χ1v) is 10.3. The molecule has 1 aliphatic rings. The number of benzene rings is 3. The van der Waals surface area contributed by atoms with Gasteiger partial charge in [-0.15, -0.1) is 0 Å². The molecule has 0 aromatic heterocycles. The van der Waals surface area contributed by atoms with E-state index in [4.69, 9.17) is 0 Å². The number of non-ortho nitro benzene ring substituents is 1. The average molecular weight is 430 g/mol. The minimum absolute atomic E-state index is 0.0560. The van der Waals surface area contributed by atoms with Crippen molar-refractivity contribution < 1.29 is 14.5 Å². The van der Waals surface area contributed by atoms with E-state index >= 15 is 0 Å². The molecule has 1 aliphatic heterocycles. The third-order valence-electron chi connectivity index (χ3n) is 5.40. The highest BCUT2D eigenvalue weighted by Gasteiger charge is 2.23. The molecule has 4 rings (SSSR count). The first kappa shape index (κ1) is 21.0. The summed E-state index contributed by atoms with van der Waals surface area (Å²) >= 11 is 0. The van der Waals surface area contributed by atoms with Crippen LogP contribution < -0.4 is 10.2 Å². The van der Waals surface area contributed by atoms with Crippen molar-refractivity contribution in [2.45, 2.75) is 0 Å². The van der Waals surface area contributed by atoms with Gasteiger partial charge in [0, 0.05) is 60.8 Å². The Kier molecular flexibility index (Phi) is 6.12. The summed E-state index contributed by atoms with van der Waals surface area (Å²) < 4.78 is 0. The van der Waals surface area contributed by atoms with Crippen molar-refractivity contribution in [1.29, 1.82) is 0 Å². The molecular formula is C24H22N4O4. The standard InChI is InChI=1S/C24H22N4O4/c29-23(18-5-2-1-3-6-18)25-20-11-9-19(10-12-20)24(30)27-15-13-26(14-16-27)21-7-4-8-22(17-21)28(31)32/h1-12,17H,13-16H2,(H,25,29). The molecule has 3 aromatic rings. The fourth-order valence-corrected chi connectivity index (χ4v) is 3.64. The van der Waals surface area contributed by atoms with E-state index < -0.39 is 4.92 Å². The monoisotopic (exact) mass is 430 g/mol. The molecule has 0 unspecified atom stereocenters. The molecule has 1 heterocycles. The summed E-state index contributed by atoms with van der Waals surface area (Å²) in [4.78, 5) is 39.5. The van der Waals surface area contributed by atoms with Crippen LogP contribution in [-0.2, 0) is 0 Å². The van der Waals surface area contributed by atoms with Gasteiger partial charge in [-0.1, -0.05) is 24.3 Å². The lowest BCUT2D eigenvalue weighted by Crippen LogP contribution is -2.48. The fraction of sp³-hybridized carbons (Fsp3) is 0.167. The molecule has 1 saturated heterocycles. The Morgan fingerprint density at radius 3 is 2.16 bits per heavy atom. The van der Waals surface area contributed by atoms with Gasteiger partial charge in [0.2, 0.25) is 0 Å². The molecule has 162 valence electrons. The van der Waals surface area contributed by atoms with E-state index in [0.29, 0.717) is 43.0 Å². The van der Waals surface area contributed by atoms with Gasteiger partial charge in [-0.3, -0.25) is 19.7 Å². The van der Waals surface area contributed by atoms with Gasteiger partial charge in [0.15, 0.2) is 0 Å². The highest BCUT2D eigenvalue weighted by molar-refractivity contribution is 6.04. The maximum absolute atomic E-state index is 12.9. The van der Waals surface area contributed by atoms with Gasteiger partial charge in [0.25, 0.3) is 17.5 Å². The first-order valence-electron chi connectivity index (χ1n) is 10.3. The highest BCUT2D eigenvalue weighted by Crippen LogP contribution is 2.23. The molecular weight excluding hydrogens is 408 g/mol. The number of amides is 2. The Balaban J connectivity index is 1.34. The Bertz CT molecular complexity index is 1120. The van der Waals surface area contributed by atoms with Crippen LogP contribution in [-0.4, -0.2) is 47.8 Å². The summed E-state index contributed by atoms with van der Waals surface area (Å²) in [5.74, 6) is -0.286. The number of hydrogen-bond acceptors (Lipinski definition) is 5. The lowest BCUT2D eigenvalue weighted by Gasteiger charge is -2.36. The number of piperazine rings is 1. The summed E-state index contributed by atoms with van der Waals surface area (Å²) in [7, 11) is 0. The number of nitro groups is 1. The Morgan fingerprint density at radius 2 is 1.50 bits per heavy atom. The molecule has 1 fully saturated rings. The number of carbonyl (C=O) groups excluding carboxylic acids is 2. The van der Waals surface area contributed by atoms with Gasteiger partial charge >= 0.3 is 0 Å². The molecule has 1 N–H and O–H groups in total.